The molecule has 154 valence electrons. The quantitative estimate of drug-likeness (QED) is 0.459. The molecule has 0 spiro atoms. The summed E-state index contributed by atoms with van der Waals surface area (Å²) in [5.74, 6) is 0.670. The van der Waals surface area contributed by atoms with Crippen molar-refractivity contribution in [1.29, 1.82) is 0 Å². The van der Waals surface area contributed by atoms with Crippen LogP contribution in [-0.2, 0) is 6.18 Å². The number of allylic oxidation sites excluding steroid dienone is 1. The van der Waals surface area contributed by atoms with E-state index in [1.54, 1.807) is 12.4 Å². The predicted molar refractivity (Wildman–Crippen MR) is 112 cm³/mol. The fraction of sp³-hybridized carbons (Fsp3) is 0.174. The van der Waals surface area contributed by atoms with E-state index in [2.05, 4.69) is 10.3 Å². The van der Waals surface area contributed by atoms with Gasteiger partial charge in [-0.3, -0.25) is 4.98 Å². The Bertz CT molecular complexity index is 1080. The molecule has 1 fully saturated rings. The number of pyridine rings is 1. The highest BCUT2D eigenvalue weighted by Gasteiger charge is 2.33. The van der Waals surface area contributed by atoms with Crippen LogP contribution in [0.1, 0.15) is 18.4 Å². The first-order valence-corrected chi connectivity index (χ1v) is 9.76. The van der Waals surface area contributed by atoms with Crippen molar-refractivity contribution >= 4 is 17.3 Å². The zero-order chi connectivity index (χ0) is 21.1. The van der Waals surface area contributed by atoms with E-state index in [4.69, 9.17) is 16.3 Å². The maximum Gasteiger partial charge on any atom is 0.417 e. The molecule has 4 rings (SSSR count). The minimum atomic E-state index is -4.51. The van der Waals surface area contributed by atoms with Crippen LogP contribution in [-0.4, -0.2) is 11.6 Å². The van der Waals surface area contributed by atoms with Gasteiger partial charge in [-0.15, -0.1) is 0 Å². The number of alkyl halides is 3. The number of hydrogen-bond donors (Lipinski definition) is 1. The Hall–Kier alpha value is -2.99. The number of nitrogens with zero attached hydrogens (tertiary/aromatic N) is 1. The SMILES string of the molecule is FC(F)(F)c1cc(NC(COc2cccc(-c3cccnc3)c2)=C2CC2)ccc1Cl. The average molecular weight is 431 g/mol. The third kappa shape index (κ3) is 4.94. The third-order valence-electron chi connectivity index (χ3n) is 4.71. The molecule has 0 amide bonds. The first kappa shape index (κ1) is 20.3. The minimum Gasteiger partial charge on any atom is -0.487 e. The molecule has 1 heterocycles. The second kappa shape index (κ2) is 8.40. The molecule has 1 aliphatic carbocycles. The molecule has 0 saturated heterocycles. The molecule has 3 aromatic rings. The van der Waals surface area contributed by atoms with Crippen LogP contribution >= 0.6 is 11.6 Å². The van der Waals surface area contributed by atoms with Gasteiger partial charge in [-0.2, -0.15) is 13.2 Å². The predicted octanol–water partition coefficient (Wildman–Crippen LogP) is 6.96. The van der Waals surface area contributed by atoms with E-state index in [1.807, 2.05) is 36.4 Å². The second-order valence-corrected chi connectivity index (χ2v) is 7.36. The van der Waals surface area contributed by atoms with Crippen LogP contribution in [0.5, 0.6) is 5.75 Å². The highest BCUT2D eigenvalue weighted by atomic mass is 35.5. The first-order valence-electron chi connectivity index (χ1n) is 9.38. The molecular formula is C23H18ClF3N2O. The Morgan fingerprint density at radius 2 is 1.83 bits per heavy atom. The molecule has 3 nitrogen and oxygen atoms in total. The van der Waals surface area contributed by atoms with E-state index in [-0.39, 0.29) is 11.6 Å². The van der Waals surface area contributed by atoms with Crippen LogP contribution in [0.3, 0.4) is 0 Å². The van der Waals surface area contributed by atoms with Gasteiger partial charge in [0.15, 0.2) is 0 Å². The molecular weight excluding hydrogens is 413 g/mol. The lowest BCUT2D eigenvalue weighted by molar-refractivity contribution is -0.137. The maximum absolute atomic E-state index is 13.1. The van der Waals surface area contributed by atoms with Crippen molar-refractivity contribution in [2.45, 2.75) is 19.0 Å². The molecule has 1 aliphatic rings. The van der Waals surface area contributed by atoms with Gasteiger partial charge in [0.2, 0.25) is 0 Å². The molecule has 0 aliphatic heterocycles. The lowest BCUT2D eigenvalue weighted by atomic mass is 10.1. The Labute approximate surface area is 177 Å². The summed E-state index contributed by atoms with van der Waals surface area (Å²) in [7, 11) is 0. The highest BCUT2D eigenvalue weighted by molar-refractivity contribution is 6.31. The molecule has 7 heteroatoms. The Morgan fingerprint density at radius 3 is 2.53 bits per heavy atom. The lowest BCUT2D eigenvalue weighted by Gasteiger charge is -2.15. The molecule has 2 aromatic carbocycles. The van der Waals surface area contributed by atoms with Gasteiger partial charge in [-0.1, -0.05) is 29.8 Å². The van der Waals surface area contributed by atoms with Crippen molar-refractivity contribution in [2.24, 2.45) is 0 Å². The van der Waals surface area contributed by atoms with Crippen molar-refractivity contribution in [1.82, 2.24) is 4.98 Å². The summed E-state index contributed by atoms with van der Waals surface area (Å²) in [6.07, 6.45) is 0.786. The normalized spacial score (nSPS) is 13.1. The van der Waals surface area contributed by atoms with Crippen molar-refractivity contribution in [3.8, 4) is 16.9 Å². The monoisotopic (exact) mass is 430 g/mol. The summed E-state index contributed by atoms with van der Waals surface area (Å²) in [5, 5.41) is 2.76. The van der Waals surface area contributed by atoms with Crippen molar-refractivity contribution in [3.05, 3.63) is 88.8 Å². The largest absolute Gasteiger partial charge is 0.487 e. The number of benzene rings is 2. The molecule has 0 bridgehead atoms. The average Bonchev–Trinajstić information content (AvgIpc) is 3.58. The molecule has 1 aromatic heterocycles. The number of halogens is 4. The van der Waals surface area contributed by atoms with Crippen LogP contribution in [0.25, 0.3) is 11.1 Å². The van der Waals surface area contributed by atoms with Crippen molar-refractivity contribution in [2.75, 3.05) is 11.9 Å². The van der Waals surface area contributed by atoms with Gasteiger partial charge < -0.3 is 10.1 Å². The topological polar surface area (TPSA) is 34.1 Å². The van der Waals surface area contributed by atoms with Gasteiger partial charge in [0.1, 0.15) is 12.4 Å². The fourth-order valence-electron chi connectivity index (χ4n) is 3.04. The van der Waals surface area contributed by atoms with Gasteiger partial charge in [0.25, 0.3) is 0 Å². The van der Waals surface area contributed by atoms with Crippen LogP contribution in [0.4, 0.5) is 18.9 Å². The van der Waals surface area contributed by atoms with Crippen LogP contribution in [0.2, 0.25) is 5.02 Å². The smallest absolute Gasteiger partial charge is 0.417 e. The van der Waals surface area contributed by atoms with Gasteiger partial charge in [-0.05, 0) is 60.4 Å². The highest BCUT2D eigenvalue weighted by Crippen LogP contribution is 2.37. The molecule has 1 N–H and O–H groups in total. The molecule has 0 unspecified atom stereocenters. The second-order valence-electron chi connectivity index (χ2n) is 6.96. The number of aromatic nitrogens is 1. The molecule has 30 heavy (non-hydrogen) atoms. The van der Waals surface area contributed by atoms with E-state index < -0.39 is 11.7 Å². The Morgan fingerprint density at radius 1 is 1.03 bits per heavy atom. The molecule has 1 saturated carbocycles. The summed E-state index contributed by atoms with van der Waals surface area (Å²) < 4.78 is 45.3. The molecule has 0 radical (unpaired) electrons. The summed E-state index contributed by atoms with van der Waals surface area (Å²) in [4.78, 5) is 4.13. The first-order chi connectivity index (χ1) is 14.4. The molecule has 0 atom stereocenters. The Balaban J connectivity index is 1.49. The van der Waals surface area contributed by atoms with E-state index in [9.17, 15) is 13.2 Å². The summed E-state index contributed by atoms with van der Waals surface area (Å²) in [6, 6.07) is 15.2. The summed E-state index contributed by atoms with van der Waals surface area (Å²) in [5.41, 5.74) is 3.33. The van der Waals surface area contributed by atoms with E-state index in [1.165, 1.54) is 12.1 Å². The van der Waals surface area contributed by atoms with Gasteiger partial charge in [0, 0.05) is 23.6 Å². The maximum atomic E-state index is 13.1. The van der Waals surface area contributed by atoms with Gasteiger partial charge in [-0.25, -0.2) is 0 Å². The number of nitrogens with one attached hydrogen (secondary N) is 1. The number of anilines is 1. The minimum absolute atomic E-state index is 0.232. The number of hydrogen-bond acceptors (Lipinski definition) is 3. The summed E-state index contributed by atoms with van der Waals surface area (Å²) >= 11 is 5.71. The van der Waals surface area contributed by atoms with Crippen molar-refractivity contribution in [3.63, 3.8) is 0 Å². The van der Waals surface area contributed by atoms with Gasteiger partial charge >= 0.3 is 6.18 Å². The number of rotatable bonds is 6. The lowest BCUT2D eigenvalue weighted by Crippen LogP contribution is -2.12. The number of ether oxygens (including phenoxy) is 1. The zero-order valence-corrected chi connectivity index (χ0v) is 16.6. The van der Waals surface area contributed by atoms with E-state index in [0.29, 0.717) is 11.4 Å². The van der Waals surface area contributed by atoms with E-state index >= 15 is 0 Å². The Kier molecular flexibility index (Phi) is 5.68. The van der Waals surface area contributed by atoms with E-state index in [0.717, 1.165) is 41.3 Å². The van der Waals surface area contributed by atoms with Crippen molar-refractivity contribution < 1.29 is 17.9 Å². The van der Waals surface area contributed by atoms with Crippen LogP contribution in [0, 0.1) is 0 Å². The van der Waals surface area contributed by atoms with Crippen LogP contribution in [0.15, 0.2) is 78.3 Å². The zero-order valence-electron chi connectivity index (χ0n) is 15.8. The van der Waals surface area contributed by atoms with Crippen LogP contribution < -0.4 is 10.1 Å². The fourth-order valence-corrected chi connectivity index (χ4v) is 3.26. The van der Waals surface area contributed by atoms with Gasteiger partial charge in [0.05, 0.1) is 16.3 Å². The third-order valence-corrected chi connectivity index (χ3v) is 5.04. The summed E-state index contributed by atoms with van der Waals surface area (Å²) in [6.45, 7) is 0.232. The standard InChI is InChI=1S/C23H18ClF3N2O/c24-21-9-8-18(12-20(21)23(25,26)27)29-22(15-6-7-15)14-30-19-5-1-3-16(11-19)17-4-2-10-28-13-17/h1-5,8-13,29H,6-7,14H2.